The van der Waals surface area contributed by atoms with Gasteiger partial charge in [0.2, 0.25) is 0 Å². The second-order valence-corrected chi connectivity index (χ2v) is 4.97. The van der Waals surface area contributed by atoms with E-state index >= 15 is 0 Å². The van der Waals surface area contributed by atoms with Gasteiger partial charge in [-0.15, -0.1) is 0 Å². The maximum absolute atomic E-state index is 13.0. The third kappa shape index (κ3) is 2.26. The molecule has 0 fully saturated rings. The predicted octanol–water partition coefficient (Wildman–Crippen LogP) is 4.35. The van der Waals surface area contributed by atoms with Crippen LogP contribution in [0.2, 0.25) is 5.02 Å². The normalized spacial score (nSPS) is 10.7. The number of benzene rings is 2. The lowest BCUT2D eigenvalue weighted by atomic mass is 10.2. The highest BCUT2D eigenvalue weighted by molar-refractivity contribution is 6.31. The molecule has 0 unspecified atom stereocenters. The summed E-state index contributed by atoms with van der Waals surface area (Å²) in [7, 11) is 0. The zero-order valence-electron chi connectivity index (χ0n) is 10.5. The minimum atomic E-state index is -0.338. The van der Waals surface area contributed by atoms with Crippen LogP contribution in [-0.2, 0) is 6.54 Å². The van der Waals surface area contributed by atoms with Crippen LogP contribution in [0.3, 0.4) is 0 Å². The van der Waals surface area contributed by atoms with E-state index in [9.17, 15) is 4.39 Å². The molecule has 0 saturated carbocycles. The Hall–Kier alpha value is -2.31. The topological polar surface area (TPSA) is 28.7 Å². The number of nitrogens with zero attached hydrogens (tertiary/aromatic N) is 2. The maximum Gasteiger partial charge on any atom is 0.124 e. The molecule has 0 atom stereocenters. The Morgan fingerprint density at radius 1 is 1.15 bits per heavy atom. The summed E-state index contributed by atoms with van der Waals surface area (Å²) in [6.07, 6.45) is 1.94. The summed E-state index contributed by atoms with van der Waals surface area (Å²) in [5, 5.41) is 10.3. The zero-order chi connectivity index (χ0) is 14.1. The van der Waals surface area contributed by atoms with E-state index in [1.165, 1.54) is 12.1 Å². The lowest BCUT2D eigenvalue weighted by Gasteiger charge is -2.08. The van der Waals surface area contributed by atoms with Gasteiger partial charge in [0.1, 0.15) is 5.82 Å². The highest BCUT2D eigenvalue weighted by atomic mass is 35.5. The highest BCUT2D eigenvalue weighted by Crippen LogP contribution is 2.22. The van der Waals surface area contributed by atoms with Crippen molar-refractivity contribution in [3.63, 3.8) is 0 Å². The van der Waals surface area contributed by atoms with Crippen LogP contribution in [0.4, 0.5) is 4.39 Å². The highest BCUT2D eigenvalue weighted by Gasteiger charge is 2.06. The SMILES string of the molecule is N#Cc1ccc2c(ccn2Cc2ccc(F)cc2Cl)c1. The van der Waals surface area contributed by atoms with Crippen LogP contribution < -0.4 is 0 Å². The van der Waals surface area contributed by atoms with Crippen LogP contribution >= 0.6 is 11.6 Å². The van der Waals surface area contributed by atoms with Gasteiger partial charge in [0, 0.05) is 28.7 Å². The predicted molar refractivity (Wildman–Crippen MR) is 77.2 cm³/mol. The van der Waals surface area contributed by atoms with Crippen molar-refractivity contribution in [3.8, 4) is 6.07 Å². The minimum absolute atomic E-state index is 0.338. The van der Waals surface area contributed by atoms with Gasteiger partial charge in [-0.05, 0) is 42.0 Å². The largest absolute Gasteiger partial charge is 0.343 e. The number of aromatic nitrogens is 1. The van der Waals surface area contributed by atoms with E-state index in [1.54, 1.807) is 12.1 Å². The van der Waals surface area contributed by atoms with Crippen molar-refractivity contribution >= 4 is 22.5 Å². The molecule has 1 aromatic heterocycles. The van der Waals surface area contributed by atoms with Gasteiger partial charge in [-0.1, -0.05) is 17.7 Å². The number of nitriles is 1. The van der Waals surface area contributed by atoms with Crippen LogP contribution in [0.15, 0.2) is 48.7 Å². The molecule has 0 aliphatic heterocycles. The molecule has 3 aromatic rings. The summed E-state index contributed by atoms with van der Waals surface area (Å²) in [6.45, 7) is 0.564. The number of halogens is 2. The fourth-order valence-corrected chi connectivity index (χ4v) is 2.47. The maximum atomic E-state index is 13.0. The molecule has 0 N–H and O–H groups in total. The number of hydrogen-bond donors (Lipinski definition) is 0. The van der Waals surface area contributed by atoms with Gasteiger partial charge in [-0.2, -0.15) is 5.26 Å². The molecule has 0 saturated heterocycles. The number of rotatable bonds is 2. The Labute approximate surface area is 120 Å². The van der Waals surface area contributed by atoms with E-state index < -0.39 is 0 Å². The Bertz CT molecular complexity index is 830. The first-order valence-corrected chi connectivity index (χ1v) is 6.48. The lowest BCUT2D eigenvalue weighted by Crippen LogP contribution is -1.99. The molecular weight excluding hydrogens is 275 g/mol. The molecular formula is C16H10ClFN2. The van der Waals surface area contributed by atoms with Crippen LogP contribution in [0.1, 0.15) is 11.1 Å². The zero-order valence-corrected chi connectivity index (χ0v) is 11.2. The summed E-state index contributed by atoms with van der Waals surface area (Å²) < 4.78 is 15.1. The van der Waals surface area contributed by atoms with Crippen molar-refractivity contribution in [1.29, 1.82) is 5.26 Å². The smallest absolute Gasteiger partial charge is 0.124 e. The van der Waals surface area contributed by atoms with Gasteiger partial charge in [0.15, 0.2) is 0 Å². The molecule has 2 aromatic carbocycles. The lowest BCUT2D eigenvalue weighted by molar-refractivity contribution is 0.626. The molecule has 3 rings (SSSR count). The molecule has 0 bridgehead atoms. The summed E-state index contributed by atoms with van der Waals surface area (Å²) in [5.41, 5.74) is 2.51. The molecule has 20 heavy (non-hydrogen) atoms. The minimum Gasteiger partial charge on any atom is -0.343 e. The molecule has 2 nitrogen and oxygen atoms in total. The van der Waals surface area contributed by atoms with E-state index in [4.69, 9.17) is 16.9 Å². The van der Waals surface area contributed by atoms with Crippen LogP contribution in [-0.4, -0.2) is 4.57 Å². The number of hydrogen-bond acceptors (Lipinski definition) is 1. The summed E-state index contributed by atoms with van der Waals surface area (Å²) in [5.74, 6) is -0.338. The summed E-state index contributed by atoms with van der Waals surface area (Å²) in [4.78, 5) is 0. The second-order valence-electron chi connectivity index (χ2n) is 4.56. The molecule has 0 amide bonds. The Balaban J connectivity index is 2.01. The van der Waals surface area contributed by atoms with Gasteiger partial charge in [-0.25, -0.2) is 4.39 Å². The van der Waals surface area contributed by atoms with E-state index in [-0.39, 0.29) is 5.82 Å². The Kier molecular flexibility index (Phi) is 3.17. The first kappa shape index (κ1) is 12.7. The van der Waals surface area contributed by atoms with E-state index in [2.05, 4.69) is 6.07 Å². The molecule has 4 heteroatoms. The average molecular weight is 285 g/mol. The summed E-state index contributed by atoms with van der Waals surface area (Å²) >= 11 is 6.05. The van der Waals surface area contributed by atoms with Crippen molar-refractivity contribution in [2.24, 2.45) is 0 Å². The third-order valence-electron chi connectivity index (χ3n) is 3.26. The number of fused-ring (bicyclic) bond motifs is 1. The standard InChI is InChI=1S/C16H10ClFN2/c17-15-8-14(18)3-2-13(15)10-20-6-5-12-7-11(9-19)1-4-16(12)20/h1-8H,10H2. The van der Waals surface area contributed by atoms with Crippen molar-refractivity contribution in [2.75, 3.05) is 0 Å². The molecule has 98 valence electrons. The van der Waals surface area contributed by atoms with Gasteiger partial charge in [0.25, 0.3) is 0 Å². The fraction of sp³-hybridized carbons (Fsp3) is 0.0625. The Morgan fingerprint density at radius 3 is 2.75 bits per heavy atom. The van der Waals surface area contributed by atoms with Gasteiger partial charge < -0.3 is 4.57 Å². The quantitative estimate of drug-likeness (QED) is 0.687. The van der Waals surface area contributed by atoms with Crippen LogP contribution in [0.25, 0.3) is 10.9 Å². The van der Waals surface area contributed by atoms with Gasteiger partial charge in [-0.3, -0.25) is 0 Å². The van der Waals surface area contributed by atoms with Crippen LogP contribution in [0, 0.1) is 17.1 Å². The second kappa shape index (κ2) is 4.99. The van der Waals surface area contributed by atoms with E-state index in [0.717, 1.165) is 16.5 Å². The first-order chi connectivity index (χ1) is 9.67. The molecule has 0 aliphatic carbocycles. The Morgan fingerprint density at radius 2 is 2.00 bits per heavy atom. The molecule has 0 spiro atoms. The van der Waals surface area contributed by atoms with Crippen LogP contribution in [0.5, 0.6) is 0 Å². The van der Waals surface area contributed by atoms with Crippen molar-refractivity contribution < 1.29 is 4.39 Å². The van der Waals surface area contributed by atoms with Gasteiger partial charge in [0.05, 0.1) is 11.6 Å². The van der Waals surface area contributed by atoms with Gasteiger partial charge >= 0.3 is 0 Å². The average Bonchev–Trinajstić information content (AvgIpc) is 2.84. The van der Waals surface area contributed by atoms with Crippen molar-refractivity contribution in [3.05, 3.63) is 70.6 Å². The monoisotopic (exact) mass is 284 g/mol. The van der Waals surface area contributed by atoms with E-state index in [1.807, 2.05) is 29.0 Å². The van der Waals surface area contributed by atoms with Crippen molar-refractivity contribution in [1.82, 2.24) is 4.57 Å². The molecule has 0 aliphatic rings. The van der Waals surface area contributed by atoms with Crippen molar-refractivity contribution in [2.45, 2.75) is 6.54 Å². The summed E-state index contributed by atoms with van der Waals surface area (Å²) in [6, 6.07) is 14.0. The van der Waals surface area contributed by atoms with E-state index in [0.29, 0.717) is 17.1 Å². The third-order valence-corrected chi connectivity index (χ3v) is 3.61. The molecule has 1 heterocycles. The first-order valence-electron chi connectivity index (χ1n) is 6.10. The fourth-order valence-electron chi connectivity index (χ4n) is 2.24. The molecule has 0 radical (unpaired) electrons.